The first-order valence-corrected chi connectivity index (χ1v) is 8.27. The van der Waals surface area contributed by atoms with Gasteiger partial charge in [0.2, 0.25) is 5.91 Å². The molecule has 1 amide bonds. The molecule has 3 aromatic rings. The molecule has 126 valence electrons. The van der Waals surface area contributed by atoms with E-state index in [-0.39, 0.29) is 24.4 Å². The maximum Gasteiger partial charge on any atom is 0.245 e. The first kappa shape index (κ1) is 16.9. The number of imidazole rings is 1. The van der Waals surface area contributed by atoms with Crippen molar-refractivity contribution in [2.24, 2.45) is 0 Å². The third-order valence-corrected chi connectivity index (χ3v) is 4.75. The standard InChI is InChI=1S/C16H16N4O2S.ClH/c21-15(12-10-22-7-6-17-12)18-14-9-20-8-13(23-16(20)19-14)11-4-2-1-3-5-11;/h1-5,8-9,12,17H,6-7,10H2,(H,18,21);1H/t12-;/m0./s1. The monoisotopic (exact) mass is 364 g/mol. The molecule has 1 aliphatic rings. The van der Waals surface area contributed by atoms with Crippen LogP contribution in [0.3, 0.4) is 0 Å². The molecule has 2 aromatic heterocycles. The van der Waals surface area contributed by atoms with Crippen molar-refractivity contribution in [2.45, 2.75) is 6.04 Å². The van der Waals surface area contributed by atoms with E-state index in [4.69, 9.17) is 4.74 Å². The van der Waals surface area contributed by atoms with E-state index in [1.807, 2.05) is 35.0 Å². The van der Waals surface area contributed by atoms with Crippen molar-refractivity contribution in [1.29, 1.82) is 0 Å². The summed E-state index contributed by atoms with van der Waals surface area (Å²) in [7, 11) is 0. The number of nitrogens with one attached hydrogen (secondary N) is 2. The number of morpholine rings is 1. The zero-order valence-corrected chi connectivity index (χ0v) is 14.4. The van der Waals surface area contributed by atoms with Gasteiger partial charge in [-0.15, -0.1) is 12.4 Å². The molecule has 0 aliphatic carbocycles. The van der Waals surface area contributed by atoms with Crippen LogP contribution in [0.1, 0.15) is 0 Å². The van der Waals surface area contributed by atoms with E-state index in [1.54, 1.807) is 11.3 Å². The number of ether oxygens (including phenoxy) is 1. The van der Waals surface area contributed by atoms with Crippen LogP contribution in [-0.2, 0) is 9.53 Å². The number of hydrogen-bond donors (Lipinski definition) is 2. The Bertz CT molecular complexity index is 796. The molecule has 6 nitrogen and oxygen atoms in total. The van der Waals surface area contributed by atoms with Gasteiger partial charge in [0.15, 0.2) is 10.8 Å². The average molecular weight is 365 g/mol. The summed E-state index contributed by atoms with van der Waals surface area (Å²) in [6.45, 7) is 1.73. The fourth-order valence-corrected chi connectivity index (χ4v) is 3.51. The summed E-state index contributed by atoms with van der Waals surface area (Å²) < 4.78 is 7.24. The van der Waals surface area contributed by atoms with E-state index in [9.17, 15) is 4.79 Å². The molecule has 3 heterocycles. The van der Waals surface area contributed by atoms with Crippen LogP contribution in [-0.4, -0.2) is 41.1 Å². The van der Waals surface area contributed by atoms with Crippen molar-refractivity contribution in [3.05, 3.63) is 42.7 Å². The number of carbonyl (C=O) groups excluding carboxylic acids is 1. The van der Waals surface area contributed by atoms with Gasteiger partial charge in [0.25, 0.3) is 0 Å². The topological polar surface area (TPSA) is 67.7 Å². The van der Waals surface area contributed by atoms with Gasteiger partial charge in [-0.1, -0.05) is 41.7 Å². The summed E-state index contributed by atoms with van der Waals surface area (Å²) in [5, 5.41) is 5.97. The lowest BCUT2D eigenvalue weighted by Gasteiger charge is -2.22. The van der Waals surface area contributed by atoms with Gasteiger partial charge in [0.1, 0.15) is 6.04 Å². The highest BCUT2D eigenvalue weighted by Gasteiger charge is 2.22. The SMILES string of the molecule is Cl.O=C(Nc1cn2cc(-c3ccccc3)sc2n1)[C@@H]1COCCN1. The molecule has 8 heteroatoms. The Morgan fingerprint density at radius 1 is 1.33 bits per heavy atom. The summed E-state index contributed by atoms with van der Waals surface area (Å²) in [5.74, 6) is 0.451. The van der Waals surface area contributed by atoms with Crippen molar-refractivity contribution in [3.63, 3.8) is 0 Å². The lowest BCUT2D eigenvalue weighted by Crippen LogP contribution is -2.48. The first-order chi connectivity index (χ1) is 11.3. The Morgan fingerprint density at radius 3 is 2.88 bits per heavy atom. The number of benzene rings is 1. The molecular weight excluding hydrogens is 348 g/mol. The zero-order valence-electron chi connectivity index (χ0n) is 12.8. The Labute approximate surface area is 149 Å². The van der Waals surface area contributed by atoms with Gasteiger partial charge in [-0.25, -0.2) is 4.98 Å². The molecular formula is C16H17ClN4O2S. The van der Waals surface area contributed by atoms with Crippen molar-refractivity contribution in [3.8, 4) is 10.4 Å². The molecule has 24 heavy (non-hydrogen) atoms. The molecule has 1 atom stereocenters. The van der Waals surface area contributed by atoms with Gasteiger partial charge >= 0.3 is 0 Å². The van der Waals surface area contributed by atoms with Crippen LogP contribution in [0.4, 0.5) is 5.82 Å². The van der Waals surface area contributed by atoms with E-state index in [2.05, 4.69) is 27.8 Å². The van der Waals surface area contributed by atoms with Gasteiger partial charge in [-0.3, -0.25) is 9.20 Å². The lowest BCUT2D eigenvalue weighted by molar-refractivity contribution is -0.120. The molecule has 1 aromatic carbocycles. The van der Waals surface area contributed by atoms with Gasteiger partial charge in [0.05, 0.1) is 24.3 Å². The van der Waals surface area contributed by atoms with Crippen LogP contribution in [0, 0.1) is 0 Å². The first-order valence-electron chi connectivity index (χ1n) is 7.45. The maximum atomic E-state index is 12.2. The van der Waals surface area contributed by atoms with Crippen molar-refractivity contribution < 1.29 is 9.53 Å². The second-order valence-corrected chi connectivity index (χ2v) is 6.36. The fourth-order valence-electron chi connectivity index (χ4n) is 2.54. The quantitative estimate of drug-likeness (QED) is 0.749. The molecule has 1 fully saturated rings. The lowest BCUT2D eigenvalue weighted by atomic mass is 10.2. The summed E-state index contributed by atoms with van der Waals surface area (Å²) >= 11 is 1.59. The van der Waals surface area contributed by atoms with Gasteiger partial charge in [-0.2, -0.15) is 0 Å². The molecule has 1 aliphatic heterocycles. The minimum absolute atomic E-state index is 0. The Kier molecular flexibility index (Phi) is 5.15. The van der Waals surface area contributed by atoms with Crippen LogP contribution in [0.25, 0.3) is 15.4 Å². The predicted molar refractivity (Wildman–Crippen MR) is 97.0 cm³/mol. The van der Waals surface area contributed by atoms with E-state index < -0.39 is 0 Å². The van der Waals surface area contributed by atoms with Crippen LogP contribution in [0.15, 0.2) is 42.7 Å². The number of nitrogens with zero attached hydrogens (tertiary/aromatic N) is 2. The third kappa shape index (κ3) is 3.44. The van der Waals surface area contributed by atoms with Crippen molar-refractivity contribution in [1.82, 2.24) is 14.7 Å². The predicted octanol–water partition coefficient (Wildman–Crippen LogP) is 2.41. The molecule has 0 radical (unpaired) electrons. The highest BCUT2D eigenvalue weighted by Crippen LogP contribution is 2.29. The van der Waals surface area contributed by atoms with Crippen LogP contribution < -0.4 is 10.6 Å². The molecule has 0 saturated carbocycles. The molecule has 2 N–H and O–H groups in total. The van der Waals surface area contributed by atoms with E-state index >= 15 is 0 Å². The number of fused-ring (bicyclic) bond motifs is 1. The Morgan fingerprint density at radius 2 is 2.17 bits per heavy atom. The zero-order chi connectivity index (χ0) is 15.6. The van der Waals surface area contributed by atoms with Gasteiger partial charge in [-0.05, 0) is 5.56 Å². The third-order valence-electron chi connectivity index (χ3n) is 3.70. The Balaban J connectivity index is 0.00000169. The Hall–Kier alpha value is -1.93. The molecule has 0 spiro atoms. The minimum atomic E-state index is -0.316. The molecule has 4 rings (SSSR count). The number of anilines is 1. The normalized spacial score (nSPS) is 17.4. The maximum absolute atomic E-state index is 12.2. The van der Waals surface area contributed by atoms with E-state index in [1.165, 1.54) is 0 Å². The average Bonchev–Trinajstić information content (AvgIpc) is 3.15. The van der Waals surface area contributed by atoms with Crippen LogP contribution in [0.2, 0.25) is 0 Å². The second kappa shape index (κ2) is 7.31. The summed E-state index contributed by atoms with van der Waals surface area (Å²) in [6, 6.07) is 9.86. The van der Waals surface area contributed by atoms with Crippen molar-refractivity contribution in [2.75, 3.05) is 25.1 Å². The number of amides is 1. The largest absolute Gasteiger partial charge is 0.378 e. The van der Waals surface area contributed by atoms with Crippen LogP contribution in [0.5, 0.6) is 0 Å². The van der Waals surface area contributed by atoms with E-state index in [0.717, 1.165) is 15.4 Å². The second-order valence-electron chi connectivity index (χ2n) is 5.35. The van der Waals surface area contributed by atoms with Crippen LogP contribution >= 0.6 is 23.7 Å². The number of halogens is 1. The number of hydrogen-bond acceptors (Lipinski definition) is 5. The van der Waals surface area contributed by atoms with Gasteiger partial charge < -0.3 is 15.4 Å². The van der Waals surface area contributed by atoms with Gasteiger partial charge in [0, 0.05) is 12.7 Å². The molecule has 1 saturated heterocycles. The highest BCUT2D eigenvalue weighted by molar-refractivity contribution is 7.20. The summed E-state index contributed by atoms with van der Waals surface area (Å²) in [4.78, 5) is 18.6. The number of rotatable bonds is 3. The summed E-state index contributed by atoms with van der Waals surface area (Å²) in [6.07, 6.45) is 3.86. The minimum Gasteiger partial charge on any atom is -0.378 e. The molecule has 0 bridgehead atoms. The van der Waals surface area contributed by atoms with Crippen molar-refractivity contribution >= 4 is 40.4 Å². The number of aromatic nitrogens is 2. The number of carbonyl (C=O) groups is 1. The van der Waals surface area contributed by atoms with E-state index in [0.29, 0.717) is 25.6 Å². The number of thiazole rings is 1. The fraction of sp³-hybridized carbons (Fsp3) is 0.250. The smallest absolute Gasteiger partial charge is 0.245 e. The molecule has 0 unspecified atom stereocenters. The highest BCUT2D eigenvalue weighted by atomic mass is 35.5. The summed E-state index contributed by atoms with van der Waals surface area (Å²) in [5.41, 5.74) is 1.16.